The summed E-state index contributed by atoms with van der Waals surface area (Å²) in [5.41, 5.74) is 1.71. The first-order valence-electron chi connectivity index (χ1n) is 12.3. The van der Waals surface area contributed by atoms with E-state index in [1.807, 2.05) is 17.5 Å². The Morgan fingerprint density at radius 1 is 0.923 bits per heavy atom. The molecule has 1 saturated heterocycles. The highest BCUT2D eigenvalue weighted by atomic mass is 32.1. The number of nitrogens with one attached hydrogen (secondary N) is 1. The first-order chi connectivity index (χ1) is 18.8. The molecule has 39 heavy (non-hydrogen) atoms. The fourth-order valence-electron chi connectivity index (χ4n) is 4.07. The van der Waals surface area contributed by atoms with Gasteiger partial charge in [-0.05, 0) is 86.0 Å². The van der Waals surface area contributed by atoms with E-state index in [2.05, 4.69) is 5.32 Å². The molecule has 1 unspecified atom stereocenters. The highest BCUT2D eigenvalue weighted by molar-refractivity contribution is 7.80. The van der Waals surface area contributed by atoms with Gasteiger partial charge in [0.15, 0.2) is 5.11 Å². The van der Waals surface area contributed by atoms with E-state index < -0.39 is 18.0 Å². The first-order valence-corrected chi connectivity index (χ1v) is 13.6. The van der Waals surface area contributed by atoms with E-state index >= 15 is 0 Å². The van der Waals surface area contributed by atoms with Gasteiger partial charge < -0.3 is 19.7 Å². The second-order valence-electron chi connectivity index (χ2n) is 8.50. The van der Waals surface area contributed by atoms with E-state index in [9.17, 15) is 19.2 Å². The fraction of sp³-hybridized carbons (Fsp3) is 0.250. The zero-order valence-corrected chi connectivity index (χ0v) is 23.1. The SMILES string of the molecule is CCOC(=O)c1ccc(NC(=O)CC2C(=O)N(c3ccc(C(=O)OCC)cc3)C(=S)N2Cc2cccs2)cc1. The van der Waals surface area contributed by atoms with Crippen LogP contribution in [0.5, 0.6) is 0 Å². The Morgan fingerprint density at radius 2 is 1.51 bits per heavy atom. The van der Waals surface area contributed by atoms with E-state index in [0.717, 1.165) is 4.88 Å². The van der Waals surface area contributed by atoms with E-state index in [-0.39, 0.29) is 36.6 Å². The van der Waals surface area contributed by atoms with Gasteiger partial charge in [0.25, 0.3) is 5.91 Å². The zero-order valence-electron chi connectivity index (χ0n) is 21.4. The van der Waals surface area contributed by atoms with Gasteiger partial charge in [0, 0.05) is 10.6 Å². The number of ether oxygens (including phenoxy) is 2. The van der Waals surface area contributed by atoms with Crippen LogP contribution in [0, 0.1) is 0 Å². The van der Waals surface area contributed by atoms with Crippen LogP contribution < -0.4 is 10.2 Å². The van der Waals surface area contributed by atoms with Crippen LogP contribution in [-0.4, -0.2) is 53.0 Å². The van der Waals surface area contributed by atoms with Gasteiger partial charge in [-0.2, -0.15) is 0 Å². The molecule has 1 aliphatic rings. The molecule has 1 atom stereocenters. The number of benzene rings is 2. The lowest BCUT2D eigenvalue weighted by atomic mass is 10.1. The largest absolute Gasteiger partial charge is 0.462 e. The van der Waals surface area contributed by atoms with E-state index in [0.29, 0.717) is 29.0 Å². The molecule has 0 bridgehead atoms. The summed E-state index contributed by atoms with van der Waals surface area (Å²) in [4.78, 5) is 54.7. The van der Waals surface area contributed by atoms with Crippen LogP contribution in [-0.2, 0) is 25.6 Å². The Kier molecular flexibility index (Phi) is 9.05. The number of carbonyl (C=O) groups is 4. The second kappa shape index (κ2) is 12.6. The molecule has 202 valence electrons. The van der Waals surface area contributed by atoms with Crippen molar-refractivity contribution in [2.45, 2.75) is 32.9 Å². The summed E-state index contributed by atoms with van der Waals surface area (Å²) >= 11 is 7.24. The number of amides is 2. The van der Waals surface area contributed by atoms with Crippen molar-refractivity contribution in [1.29, 1.82) is 0 Å². The van der Waals surface area contributed by atoms with Gasteiger partial charge in [0.2, 0.25) is 5.91 Å². The van der Waals surface area contributed by atoms with Crippen LogP contribution in [0.25, 0.3) is 0 Å². The summed E-state index contributed by atoms with van der Waals surface area (Å²) in [6, 6.07) is 15.8. The van der Waals surface area contributed by atoms with Crippen molar-refractivity contribution >= 4 is 63.8 Å². The number of hydrogen-bond acceptors (Lipinski definition) is 8. The van der Waals surface area contributed by atoms with Gasteiger partial charge in [-0.1, -0.05) is 6.07 Å². The van der Waals surface area contributed by atoms with Gasteiger partial charge in [-0.3, -0.25) is 14.5 Å². The first kappa shape index (κ1) is 27.9. The third kappa shape index (κ3) is 6.50. The monoisotopic (exact) mass is 565 g/mol. The summed E-state index contributed by atoms with van der Waals surface area (Å²) in [5.74, 6) is -1.62. The minimum Gasteiger partial charge on any atom is -0.462 e. The predicted octanol–water partition coefficient (Wildman–Crippen LogP) is 4.63. The van der Waals surface area contributed by atoms with E-state index in [4.69, 9.17) is 21.7 Å². The lowest BCUT2D eigenvalue weighted by molar-refractivity contribution is -0.124. The van der Waals surface area contributed by atoms with Gasteiger partial charge in [0.1, 0.15) is 6.04 Å². The van der Waals surface area contributed by atoms with Crippen molar-refractivity contribution in [2.75, 3.05) is 23.4 Å². The third-order valence-corrected chi connectivity index (χ3v) is 7.20. The molecule has 3 aromatic rings. The van der Waals surface area contributed by atoms with E-state index in [1.165, 1.54) is 16.2 Å². The molecular formula is C28H27N3O6S2. The molecule has 4 rings (SSSR count). The minimum absolute atomic E-state index is 0.138. The molecule has 1 N–H and O–H groups in total. The summed E-state index contributed by atoms with van der Waals surface area (Å²) in [6.45, 7) is 4.34. The van der Waals surface area contributed by atoms with Crippen LogP contribution in [0.3, 0.4) is 0 Å². The fourth-order valence-corrected chi connectivity index (χ4v) is 5.16. The molecule has 2 aromatic carbocycles. The van der Waals surface area contributed by atoms with E-state index in [1.54, 1.807) is 67.3 Å². The summed E-state index contributed by atoms with van der Waals surface area (Å²) in [5, 5.41) is 4.99. The molecule has 0 spiro atoms. The maximum Gasteiger partial charge on any atom is 0.338 e. The molecule has 0 saturated carbocycles. The van der Waals surface area contributed by atoms with Crippen LogP contribution in [0.1, 0.15) is 45.9 Å². The lowest BCUT2D eigenvalue weighted by Gasteiger charge is -2.23. The number of thiocarbonyl (C=S) groups is 1. The number of carbonyl (C=O) groups excluding carboxylic acids is 4. The summed E-state index contributed by atoms with van der Waals surface area (Å²) < 4.78 is 10.0. The third-order valence-electron chi connectivity index (χ3n) is 5.92. The number of esters is 2. The van der Waals surface area contributed by atoms with Crippen molar-refractivity contribution in [3.63, 3.8) is 0 Å². The summed E-state index contributed by atoms with van der Waals surface area (Å²) in [6.07, 6.45) is -0.138. The quantitative estimate of drug-likeness (QED) is 0.280. The highest BCUT2D eigenvalue weighted by Crippen LogP contribution is 2.30. The molecular weight excluding hydrogens is 538 g/mol. The number of rotatable bonds is 10. The molecule has 1 aromatic heterocycles. The number of nitrogens with zero attached hydrogens (tertiary/aromatic N) is 2. The van der Waals surface area contributed by atoms with Gasteiger partial charge >= 0.3 is 11.9 Å². The predicted molar refractivity (Wildman–Crippen MR) is 152 cm³/mol. The number of thiophene rings is 1. The maximum atomic E-state index is 13.6. The highest BCUT2D eigenvalue weighted by Gasteiger charge is 2.44. The molecule has 0 aliphatic carbocycles. The number of hydrogen-bond donors (Lipinski definition) is 1. The Balaban J connectivity index is 1.52. The lowest BCUT2D eigenvalue weighted by Crippen LogP contribution is -2.37. The van der Waals surface area contributed by atoms with Crippen LogP contribution in [0.4, 0.5) is 11.4 Å². The Hall–Kier alpha value is -4.09. The van der Waals surface area contributed by atoms with Gasteiger partial charge in [0.05, 0.1) is 43.0 Å². The van der Waals surface area contributed by atoms with Crippen LogP contribution >= 0.6 is 23.6 Å². The number of anilines is 2. The molecule has 11 heteroatoms. The molecule has 1 fully saturated rings. The standard InChI is InChI=1S/C28H27N3O6S2/c1-3-36-26(34)18-7-11-20(12-8-18)29-24(32)16-23-25(33)31(28(38)30(23)17-22-6-5-15-39-22)21-13-9-19(10-14-21)27(35)37-4-2/h5-15,23H,3-4,16-17H2,1-2H3,(H,29,32). The maximum absolute atomic E-state index is 13.6. The average molecular weight is 566 g/mol. The molecule has 2 heterocycles. The molecule has 0 radical (unpaired) electrons. The zero-order chi connectivity index (χ0) is 27.9. The van der Waals surface area contributed by atoms with Crippen molar-refractivity contribution in [1.82, 2.24) is 4.90 Å². The van der Waals surface area contributed by atoms with Crippen molar-refractivity contribution in [2.24, 2.45) is 0 Å². The summed E-state index contributed by atoms with van der Waals surface area (Å²) in [7, 11) is 0. The van der Waals surface area contributed by atoms with Crippen molar-refractivity contribution < 1.29 is 28.7 Å². The van der Waals surface area contributed by atoms with Crippen molar-refractivity contribution in [3.05, 3.63) is 82.0 Å². The minimum atomic E-state index is -0.830. The second-order valence-corrected chi connectivity index (χ2v) is 9.89. The molecule has 2 amide bonds. The van der Waals surface area contributed by atoms with Gasteiger partial charge in [-0.15, -0.1) is 11.3 Å². The van der Waals surface area contributed by atoms with Crippen molar-refractivity contribution in [3.8, 4) is 0 Å². The normalized spacial score (nSPS) is 14.9. The smallest absolute Gasteiger partial charge is 0.338 e. The van der Waals surface area contributed by atoms with Crippen LogP contribution in [0.2, 0.25) is 0 Å². The van der Waals surface area contributed by atoms with Gasteiger partial charge in [-0.25, -0.2) is 9.59 Å². The Morgan fingerprint density at radius 3 is 2.05 bits per heavy atom. The Bertz CT molecular complexity index is 1360. The molecule has 9 nitrogen and oxygen atoms in total. The van der Waals surface area contributed by atoms with Crippen LogP contribution in [0.15, 0.2) is 66.0 Å². The topological polar surface area (TPSA) is 105 Å². The molecule has 1 aliphatic heterocycles. The average Bonchev–Trinajstić information content (AvgIpc) is 3.52. The Labute approximate surface area is 235 Å².